The fraction of sp³-hybridized carbons (Fsp3) is 1.00. The molecule has 0 bridgehead atoms. The van der Waals surface area contributed by atoms with E-state index in [-0.39, 0.29) is 5.60 Å². The lowest BCUT2D eigenvalue weighted by Gasteiger charge is -2.36. The molecule has 3 nitrogen and oxygen atoms in total. The highest BCUT2D eigenvalue weighted by atomic mass is 16.5. The van der Waals surface area contributed by atoms with Crippen LogP contribution in [-0.2, 0) is 9.47 Å². The van der Waals surface area contributed by atoms with E-state index in [4.69, 9.17) is 9.47 Å². The molecule has 3 heteroatoms. The molecule has 0 aliphatic carbocycles. The van der Waals surface area contributed by atoms with Gasteiger partial charge in [0.25, 0.3) is 0 Å². The molecule has 0 saturated carbocycles. The predicted molar refractivity (Wildman–Crippen MR) is 71.3 cm³/mol. The molecule has 1 atom stereocenters. The summed E-state index contributed by atoms with van der Waals surface area (Å²) in [5, 5.41) is 3.69. The highest BCUT2D eigenvalue weighted by Gasteiger charge is 2.29. The zero-order chi connectivity index (χ0) is 12.7. The smallest absolute Gasteiger partial charge is 0.0637 e. The molecule has 1 N–H and O–H groups in total. The largest absolute Gasteiger partial charge is 0.381 e. The van der Waals surface area contributed by atoms with E-state index < -0.39 is 0 Å². The van der Waals surface area contributed by atoms with Gasteiger partial charge in [0.2, 0.25) is 0 Å². The van der Waals surface area contributed by atoms with E-state index in [9.17, 15) is 0 Å². The maximum absolute atomic E-state index is 5.57. The Morgan fingerprint density at radius 2 is 2.00 bits per heavy atom. The minimum Gasteiger partial charge on any atom is -0.381 e. The number of nitrogens with one attached hydrogen (secondary N) is 1. The van der Waals surface area contributed by atoms with Crippen molar-refractivity contribution in [1.82, 2.24) is 5.32 Å². The van der Waals surface area contributed by atoms with Gasteiger partial charge in [-0.3, -0.25) is 0 Å². The van der Waals surface area contributed by atoms with Crippen LogP contribution < -0.4 is 5.32 Å². The van der Waals surface area contributed by atoms with Crippen LogP contribution in [0.4, 0.5) is 0 Å². The van der Waals surface area contributed by atoms with Gasteiger partial charge < -0.3 is 14.8 Å². The summed E-state index contributed by atoms with van der Waals surface area (Å²) in [5.74, 6) is 0.740. The van der Waals surface area contributed by atoms with Crippen LogP contribution in [0.15, 0.2) is 0 Å². The second-order valence-electron chi connectivity index (χ2n) is 5.68. The lowest BCUT2D eigenvalue weighted by molar-refractivity contribution is -0.0106. The Bertz CT molecular complexity index is 200. The topological polar surface area (TPSA) is 30.5 Å². The monoisotopic (exact) mass is 243 g/mol. The van der Waals surface area contributed by atoms with Crippen molar-refractivity contribution in [1.29, 1.82) is 0 Å². The fourth-order valence-corrected chi connectivity index (χ4v) is 2.47. The van der Waals surface area contributed by atoms with Gasteiger partial charge in [0.1, 0.15) is 0 Å². The molecule has 1 aliphatic rings. The summed E-state index contributed by atoms with van der Waals surface area (Å²) in [6, 6.07) is 0.564. The van der Waals surface area contributed by atoms with E-state index in [1.54, 1.807) is 7.11 Å². The lowest BCUT2D eigenvalue weighted by Crippen LogP contribution is -2.44. The van der Waals surface area contributed by atoms with Gasteiger partial charge in [-0.15, -0.1) is 0 Å². The molecule has 0 aromatic heterocycles. The molecule has 0 aromatic rings. The SMILES string of the molecule is CCCNC(CC(C)(C)OC)C1CCOCC1. The van der Waals surface area contributed by atoms with Gasteiger partial charge in [0, 0.05) is 26.4 Å². The van der Waals surface area contributed by atoms with Crippen molar-refractivity contribution in [2.75, 3.05) is 26.9 Å². The molecule has 1 rings (SSSR count). The summed E-state index contributed by atoms with van der Waals surface area (Å²) < 4.78 is 11.0. The Balaban J connectivity index is 2.52. The van der Waals surface area contributed by atoms with Gasteiger partial charge in [0.15, 0.2) is 0 Å². The van der Waals surface area contributed by atoms with Crippen molar-refractivity contribution in [3.8, 4) is 0 Å². The summed E-state index contributed by atoms with van der Waals surface area (Å²) in [6.07, 6.45) is 4.63. The number of rotatable bonds is 7. The van der Waals surface area contributed by atoms with Crippen LogP contribution in [0.3, 0.4) is 0 Å². The number of methoxy groups -OCH3 is 1. The standard InChI is InChI=1S/C14H29NO2/c1-5-8-15-13(11-14(2,3)16-4)12-6-9-17-10-7-12/h12-13,15H,5-11H2,1-4H3. The molecule has 17 heavy (non-hydrogen) atoms. The zero-order valence-corrected chi connectivity index (χ0v) is 11.9. The van der Waals surface area contributed by atoms with Crippen molar-refractivity contribution in [2.24, 2.45) is 5.92 Å². The van der Waals surface area contributed by atoms with Crippen molar-refractivity contribution in [2.45, 2.75) is 58.1 Å². The van der Waals surface area contributed by atoms with Crippen molar-refractivity contribution >= 4 is 0 Å². The third-order valence-electron chi connectivity index (χ3n) is 3.76. The second kappa shape index (κ2) is 7.34. The van der Waals surface area contributed by atoms with Crippen LogP contribution in [0.1, 0.15) is 46.5 Å². The van der Waals surface area contributed by atoms with Crippen LogP contribution in [0.2, 0.25) is 0 Å². The number of ether oxygens (including phenoxy) is 2. The van der Waals surface area contributed by atoms with Crippen molar-refractivity contribution < 1.29 is 9.47 Å². The molecule has 1 fully saturated rings. The molecule has 0 radical (unpaired) electrons. The minimum atomic E-state index is -0.0380. The van der Waals surface area contributed by atoms with Gasteiger partial charge in [-0.05, 0) is 52.0 Å². The predicted octanol–water partition coefficient (Wildman–Crippen LogP) is 2.60. The van der Waals surface area contributed by atoms with Crippen LogP contribution in [-0.4, -0.2) is 38.5 Å². The molecule has 0 aromatic carbocycles. The van der Waals surface area contributed by atoms with Crippen molar-refractivity contribution in [3.63, 3.8) is 0 Å². The highest BCUT2D eigenvalue weighted by molar-refractivity contribution is 4.84. The van der Waals surface area contributed by atoms with E-state index in [0.717, 1.165) is 32.1 Å². The molecular weight excluding hydrogens is 214 g/mol. The van der Waals surface area contributed by atoms with Gasteiger partial charge >= 0.3 is 0 Å². The Morgan fingerprint density at radius 1 is 1.35 bits per heavy atom. The average Bonchev–Trinajstić information content (AvgIpc) is 2.35. The summed E-state index contributed by atoms with van der Waals surface area (Å²) in [4.78, 5) is 0. The molecule has 0 amide bonds. The Kier molecular flexibility index (Phi) is 6.45. The average molecular weight is 243 g/mol. The van der Waals surface area contributed by atoms with Gasteiger partial charge in [-0.25, -0.2) is 0 Å². The van der Waals surface area contributed by atoms with Crippen molar-refractivity contribution in [3.05, 3.63) is 0 Å². The third-order valence-corrected chi connectivity index (χ3v) is 3.76. The van der Waals surface area contributed by atoms with Crippen LogP contribution in [0.25, 0.3) is 0 Å². The van der Waals surface area contributed by atoms with E-state index in [2.05, 4.69) is 26.1 Å². The first kappa shape index (κ1) is 14.9. The Hall–Kier alpha value is -0.120. The first-order valence-corrected chi connectivity index (χ1v) is 6.95. The van der Waals surface area contributed by atoms with Crippen LogP contribution in [0.5, 0.6) is 0 Å². The molecule has 1 unspecified atom stereocenters. The Morgan fingerprint density at radius 3 is 2.53 bits per heavy atom. The normalized spacial score (nSPS) is 20.5. The van der Waals surface area contributed by atoms with Crippen LogP contribution >= 0.6 is 0 Å². The highest BCUT2D eigenvalue weighted by Crippen LogP contribution is 2.26. The summed E-state index contributed by atoms with van der Waals surface area (Å²) in [7, 11) is 1.81. The lowest BCUT2D eigenvalue weighted by atomic mass is 9.85. The first-order chi connectivity index (χ1) is 8.09. The quantitative estimate of drug-likeness (QED) is 0.745. The minimum absolute atomic E-state index is 0.0380. The first-order valence-electron chi connectivity index (χ1n) is 6.95. The van der Waals surface area contributed by atoms with E-state index in [1.807, 2.05) is 0 Å². The maximum atomic E-state index is 5.57. The van der Waals surface area contributed by atoms with E-state index >= 15 is 0 Å². The zero-order valence-electron chi connectivity index (χ0n) is 11.9. The number of hydrogen-bond donors (Lipinski definition) is 1. The summed E-state index contributed by atoms with van der Waals surface area (Å²) >= 11 is 0. The fourth-order valence-electron chi connectivity index (χ4n) is 2.47. The molecule has 1 heterocycles. The third kappa shape index (κ3) is 5.36. The Labute approximate surface area is 106 Å². The number of hydrogen-bond acceptors (Lipinski definition) is 3. The summed E-state index contributed by atoms with van der Waals surface area (Å²) in [5.41, 5.74) is -0.0380. The molecule has 1 saturated heterocycles. The van der Waals surface area contributed by atoms with Gasteiger partial charge in [-0.2, -0.15) is 0 Å². The molecule has 0 spiro atoms. The molecule has 1 aliphatic heterocycles. The second-order valence-corrected chi connectivity index (χ2v) is 5.68. The van der Waals surface area contributed by atoms with E-state index in [0.29, 0.717) is 6.04 Å². The van der Waals surface area contributed by atoms with Crippen LogP contribution in [0, 0.1) is 5.92 Å². The maximum Gasteiger partial charge on any atom is 0.0637 e. The van der Waals surface area contributed by atoms with Gasteiger partial charge in [-0.1, -0.05) is 6.92 Å². The van der Waals surface area contributed by atoms with Gasteiger partial charge in [0.05, 0.1) is 5.60 Å². The summed E-state index contributed by atoms with van der Waals surface area (Å²) in [6.45, 7) is 9.50. The van der Waals surface area contributed by atoms with E-state index in [1.165, 1.54) is 19.3 Å². The molecular formula is C14H29NO2. The molecule has 102 valence electrons.